The molecule has 0 saturated heterocycles. The van der Waals surface area contributed by atoms with Gasteiger partial charge in [0, 0.05) is 12.5 Å². The summed E-state index contributed by atoms with van der Waals surface area (Å²) in [6.45, 7) is 3.11. The molecule has 0 aliphatic rings. The largest absolute Gasteiger partial charge is 0.274 e. The normalized spacial score (nSPS) is 10.7. The molecule has 3 rings (SSSR count). The maximum Gasteiger partial charge on any atom is 0.271 e. The van der Waals surface area contributed by atoms with Gasteiger partial charge in [0.1, 0.15) is 5.70 Å². The second kappa shape index (κ2) is 8.74. The van der Waals surface area contributed by atoms with E-state index in [2.05, 4.69) is 5.73 Å². The van der Waals surface area contributed by atoms with Crippen LogP contribution >= 0.6 is 0 Å². The Hall–Kier alpha value is -3.40. The van der Waals surface area contributed by atoms with Crippen molar-refractivity contribution in [2.45, 2.75) is 18.7 Å². The summed E-state index contributed by atoms with van der Waals surface area (Å²) in [5.41, 5.74) is 5.56. The van der Waals surface area contributed by atoms with Gasteiger partial charge in [0.15, 0.2) is 0 Å². The Morgan fingerprint density at radius 2 is 1.41 bits per heavy atom. The molecule has 4 nitrogen and oxygen atoms in total. The number of sulfonamides is 1. The number of amides is 1. The zero-order valence-electron chi connectivity index (χ0n) is 16.2. The number of hydrogen-bond donors (Lipinski definition) is 0. The van der Waals surface area contributed by atoms with Crippen LogP contribution in [0.5, 0.6) is 0 Å². The molecule has 3 aromatic carbocycles. The minimum atomic E-state index is -4.10. The molecule has 0 unspecified atom stereocenters. The fourth-order valence-corrected chi connectivity index (χ4v) is 4.25. The molecule has 1 amide bonds. The van der Waals surface area contributed by atoms with Gasteiger partial charge in [0.25, 0.3) is 10.0 Å². The molecule has 0 heterocycles. The van der Waals surface area contributed by atoms with Crippen LogP contribution in [0.2, 0.25) is 0 Å². The average Bonchev–Trinajstić information content (AvgIpc) is 2.72. The lowest BCUT2D eigenvalue weighted by atomic mass is 10.1. The maximum absolute atomic E-state index is 13.3. The molecule has 0 aliphatic carbocycles. The van der Waals surface area contributed by atoms with Crippen LogP contribution < -0.4 is 0 Å². The Morgan fingerprint density at radius 1 is 0.862 bits per heavy atom. The monoisotopic (exact) mass is 403 g/mol. The molecule has 0 atom stereocenters. The molecule has 29 heavy (non-hydrogen) atoms. The van der Waals surface area contributed by atoms with Gasteiger partial charge >= 0.3 is 0 Å². The first kappa shape index (κ1) is 20.3. The predicted octanol–water partition coefficient (Wildman–Crippen LogP) is 4.89. The molecule has 5 heteroatoms. The first-order valence-corrected chi connectivity index (χ1v) is 10.5. The molecule has 0 saturated carbocycles. The summed E-state index contributed by atoms with van der Waals surface area (Å²) in [5, 5.41) is 0. The summed E-state index contributed by atoms with van der Waals surface area (Å²) in [6.07, 6.45) is 1.67. The highest BCUT2D eigenvalue weighted by molar-refractivity contribution is 7.90. The van der Waals surface area contributed by atoms with Crippen molar-refractivity contribution in [2.75, 3.05) is 0 Å². The van der Waals surface area contributed by atoms with Crippen LogP contribution in [-0.2, 0) is 14.8 Å². The third-order valence-corrected chi connectivity index (χ3v) is 6.06. The molecule has 0 aromatic heterocycles. The first-order valence-electron chi connectivity index (χ1n) is 9.09. The van der Waals surface area contributed by atoms with Crippen molar-refractivity contribution >= 4 is 27.7 Å². The summed E-state index contributed by atoms with van der Waals surface area (Å²) in [4.78, 5) is 12.6. The van der Waals surface area contributed by atoms with E-state index in [1.165, 1.54) is 19.1 Å². The van der Waals surface area contributed by atoms with Crippen molar-refractivity contribution in [1.29, 1.82) is 0 Å². The van der Waals surface area contributed by atoms with E-state index in [-0.39, 0.29) is 10.6 Å². The summed E-state index contributed by atoms with van der Waals surface area (Å²) in [7, 11) is -4.10. The number of rotatable bonds is 5. The lowest BCUT2D eigenvalue weighted by Crippen LogP contribution is -2.33. The van der Waals surface area contributed by atoms with E-state index in [0.717, 1.165) is 15.4 Å². The van der Waals surface area contributed by atoms with Crippen LogP contribution in [0.15, 0.2) is 95.6 Å². The number of carbonyl (C=O) groups excluding carboxylic acids is 1. The molecule has 0 aliphatic heterocycles. The lowest BCUT2D eigenvalue weighted by Gasteiger charge is -2.23. The van der Waals surface area contributed by atoms with Crippen molar-refractivity contribution in [1.82, 2.24) is 4.31 Å². The predicted molar refractivity (Wildman–Crippen MR) is 115 cm³/mol. The van der Waals surface area contributed by atoms with E-state index < -0.39 is 15.9 Å². The quantitative estimate of drug-likeness (QED) is 0.570. The second-order valence-electron chi connectivity index (χ2n) is 6.52. The van der Waals surface area contributed by atoms with Crippen LogP contribution in [-0.4, -0.2) is 18.6 Å². The van der Waals surface area contributed by atoms with Crippen LogP contribution in [0.1, 0.15) is 23.6 Å². The highest BCUT2D eigenvalue weighted by Gasteiger charge is 2.31. The van der Waals surface area contributed by atoms with Crippen molar-refractivity contribution in [3.63, 3.8) is 0 Å². The van der Waals surface area contributed by atoms with Crippen molar-refractivity contribution in [3.8, 4) is 0 Å². The lowest BCUT2D eigenvalue weighted by molar-refractivity contribution is -0.122. The Labute approximate surface area is 171 Å². The second-order valence-corrected chi connectivity index (χ2v) is 8.30. The molecule has 0 radical (unpaired) electrons. The molecule has 0 bridgehead atoms. The van der Waals surface area contributed by atoms with E-state index in [9.17, 15) is 13.2 Å². The molecule has 0 N–H and O–H groups in total. The fraction of sp³-hybridized carbons (Fsp3) is 0.0833. The number of hydrogen-bond acceptors (Lipinski definition) is 3. The van der Waals surface area contributed by atoms with Gasteiger partial charge in [-0.25, -0.2) is 8.42 Å². The fourth-order valence-electron chi connectivity index (χ4n) is 2.82. The van der Waals surface area contributed by atoms with Gasteiger partial charge in [-0.05, 0) is 30.7 Å². The van der Waals surface area contributed by atoms with Crippen LogP contribution in [0.25, 0.3) is 11.8 Å². The smallest absolute Gasteiger partial charge is 0.271 e. The van der Waals surface area contributed by atoms with Gasteiger partial charge in [0.05, 0.1) is 4.90 Å². The Bertz CT molecular complexity index is 1160. The van der Waals surface area contributed by atoms with E-state index in [1.54, 1.807) is 42.5 Å². The van der Waals surface area contributed by atoms with Gasteiger partial charge in [0.2, 0.25) is 5.91 Å². The highest BCUT2D eigenvalue weighted by atomic mass is 32.2. The third kappa shape index (κ3) is 4.72. The van der Waals surface area contributed by atoms with Gasteiger partial charge in [-0.2, -0.15) is 4.31 Å². The maximum atomic E-state index is 13.3. The van der Waals surface area contributed by atoms with Gasteiger partial charge in [-0.1, -0.05) is 84.1 Å². The van der Waals surface area contributed by atoms with Crippen molar-refractivity contribution < 1.29 is 13.2 Å². The minimum Gasteiger partial charge on any atom is -0.274 e. The summed E-state index contributed by atoms with van der Waals surface area (Å²) in [5.74, 6) is -0.613. The molecule has 3 aromatic rings. The SMILES string of the molecule is CC(=O)N(C(=C=Cc1ccccc1)c1ccccc1)S(=O)(=O)c1ccc(C)cc1. The van der Waals surface area contributed by atoms with E-state index >= 15 is 0 Å². The third-order valence-electron chi connectivity index (χ3n) is 4.27. The molecular formula is C24H21NO3S. The summed E-state index contributed by atoms with van der Waals surface area (Å²) in [6, 6.07) is 24.7. The van der Waals surface area contributed by atoms with Crippen molar-refractivity contribution in [2.24, 2.45) is 0 Å². The highest BCUT2D eigenvalue weighted by Crippen LogP contribution is 2.27. The Kier molecular flexibility index (Phi) is 6.13. The van der Waals surface area contributed by atoms with Crippen LogP contribution in [0, 0.1) is 6.92 Å². The summed E-state index contributed by atoms with van der Waals surface area (Å²) < 4.78 is 27.5. The zero-order chi connectivity index (χ0) is 20.9. The van der Waals surface area contributed by atoms with Crippen LogP contribution in [0.4, 0.5) is 0 Å². The van der Waals surface area contributed by atoms with Gasteiger partial charge < -0.3 is 0 Å². The average molecular weight is 404 g/mol. The van der Waals surface area contributed by atoms with E-state index in [4.69, 9.17) is 0 Å². The number of aryl methyl sites for hydroxylation is 1. The first-order chi connectivity index (χ1) is 13.9. The van der Waals surface area contributed by atoms with Crippen LogP contribution in [0.3, 0.4) is 0 Å². The van der Waals surface area contributed by atoms with Crippen molar-refractivity contribution in [3.05, 3.63) is 107 Å². The topological polar surface area (TPSA) is 54.5 Å². The molecular weight excluding hydrogens is 382 g/mol. The minimum absolute atomic E-state index is 0.0493. The number of carbonyl (C=O) groups is 1. The molecule has 146 valence electrons. The van der Waals surface area contributed by atoms with Gasteiger partial charge in [-0.3, -0.25) is 4.79 Å². The van der Waals surface area contributed by atoms with Gasteiger partial charge in [-0.15, -0.1) is 0 Å². The van der Waals surface area contributed by atoms with E-state index in [0.29, 0.717) is 5.56 Å². The molecule has 0 spiro atoms. The Balaban J connectivity index is 2.22. The zero-order valence-corrected chi connectivity index (χ0v) is 17.1. The molecule has 0 fully saturated rings. The standard InChI is InChI=1S/C24H21NO3S/c1-19-13-16-23(17-14-19)29(27,28)25(20(2)26)24(22-11-7-4-8-12-22)18-15-21-9-5-3-6-10-21/h3-17H,1-2H3. The summed E-state index contributed by atoms with van der Waals surface area (Å²) >= 11 is 0. The number of benzene rings is 3. The number of nitrogens with zero attached hydrogens (tertiary/aromatic N) is 1. The Morgan fingerprint density at radius 3 is 1.97 bits per heavy atom. The van der Waals surface area contributed by atoms with E-state index in [1.807, 2.05) is 43.3 Å².